The number of pyridine rings is 1. The molecule has 0 unspecified atom stereocenters. The fraction of sp³-hybridized carbons (Fsp3) is 0.421. The van der Waals surface area contributed by atoms with Gasteiger partial charge in [0, 0.05) is 30.2 Å². The topological polar surface area (TPSA) is 98.7 Å². The van der Waals surface area contributed by atoms with E-state index in [4.69, 9.17) is 4.52 Å². The minimum Gasteiger partial charge on any atom is -0.352 e. The van der Waals surface area contributed by atoms with Gasteiger partial charge in [0.1, 0.15) is 18.1 Å². The molecule has 1 aliphatic rings. The van der Waals surface area contributed by atoms with Gasteiger partial charge in [0.05, 0.1) is 0 Å². The van der Waals surface area contributed by atoms with Crippen LogP contribution in [0.1, 0.15) is 37.9 Å². The van der Waals surface area contributed by atoms with Crippen LogP contribution in [0.15, 0.2) is 35.2 Å². The molecule has 3 aromatic heterocycles. The fourth-order valence-corrected chi connectivity index (χ4v) is 3.39. The zero-order valence-corrected chi connectivity index (χ0v) is 15.3. The highest BCUT2D eigenvalue weighted by Gasteiger charge is 2.18. The van der Waals surface area contributed by atoms with Crippen molar-refractivity contribution in [3.8, 4) is 23.0 Å². The number of aromatic nitrogens is 5. The van der Waals surface area contributed by atoms with Gasteiger partial charge >= 0.3 is 0 Å². The van der Waals surface area contributed by atoms with Crippen LogP contribution in [-0.4, -0.2) is 36.6 Å². The predicted octanol–water partition coefficient (Wildman–Crippen LogP) is 2.75. The van der Waals surface area contributed by atoms with Crippen LogP contribution in [0.3, 0.4) is 0 Å². The zero-order valence-electron chi connectivity index (χ0n) is 15.3. The second kappa shape index (κ2) is 7.69. The van der Waals surface area contributed by atoms with E-state index < -0.39 is 0 Å². The summed E-state index contributed by atoms with van der Waals surface area (Å²) in [7, 11) is 0. The van der Waals surface area contributed by atoms with E-state index in [1.165, 1.54) is 19.3 Å². The molecular formula is C19H22N6O2. The Labute approximate surface area is 157 Å². The summed E-state index contributed by atoms with van der Waals surface area (Å²) in [5.41, 5.74) is 1.38. The van der Waals surface area contributed by atoms with E-state index in [2.05, 4.69) is 25.4 Å². The number of imidazole rings is 1. The Balaban J connectivity index is 1.45. The van der Waals surface area contributed by atoms with Crippen molar-refractivity contribution < 1.29 is 9.32 Å². The van der Waals surface area contributed by atoms with E-state index in [1.54, 1.807) is 30.7 Å². The Hall–Kier alpha value is -3.03. The monoisotopic (exact) mass is 366 g/mol. The van der Waals surface area contributed by atoms with Crippen molar-refractivity contribution in [1.29, 1.82) is 0 Å². The molecule has 140 valence electrons. The Morgan fingerprint density at radius 1 is 1.22 bits per heavy atom. The lowest BCUT2D eigenvalue weighted by atomic mass is 9.95. The highest BCUT2D eigenvalue weighted by Crippen LogP contribution is 2.21. The van der Waals surface area contributed by atoms with E-state index in [-0.39, 0.29) is 12.5 Å². The fourth-order valence-electron chi connectivity index (χ4n) is 3.39. The molecular weight excluding hydrogens is 344 g/mol. The van der Waals surface area contributed by atoms with Gasteiger partial charge in [-0.3, -0.25) is 9.78 Å². The maximum Gasteiger partial charge on any atom is 0.258 e. The number of hydrogen-bond acceptors (Lipinski definition) is 6. The first-order valence-corrected chi connectivity index (χ1v) is 9.26. The van der Waals surface area contributed by atoms with E-state index in [1.807, 2.05) is 11.5 Å². The number of amides is 1. The van der Waals surface area contributed by atoms with Crippen molar-refractivity contribution in [3.05, 3.63) is 36.5 Å². The molecule has 0 saturated heterocycles. The van der Waals surface area contributed by atoms with Crippen LogP contribution < -0.4 is 5.32 Å². The molecule has 0 aliphatic heterocycles. The van der Waals surface area contributed by atoms with Crippen LogP contribution in [0.5, 0.6) is 0 Å². The van der Waals surface area contributed by atoms with Gasteiger partial charge in [0.2, 0.25) is 11.7 Å². The molecule has 0 radical (unpaired) electrons. The second-order valence-corrected chi connectivity index (χ2v) is 6.86. The number of carbonyl (C=O) groups excluding carboxylic acids is 1. The Bertz CT molecular complexity index is 911. The van der Waals surface area contributed by atoms with Crippen LogP contribution in [-0.2, 0) is 11.3 Å². The van der Waals surface area contributed by atoms with Gasteiger partial charge in [-0.15, -0.1) is 0 Å². The van der Waals surface area contributed by atoms with E-state index >= 15 is 0 Å². The van der Waals surface area contributed by atoms with Gasteiger partial charge in [0.25, 0.3) is 5.89 Å². The standard InChI is InChI=1S/C19H22N6O2/c1-13-21-16(18-23-19(27-24-18)14-7-9-20-10-8-14)11-25(13)12-17(26)22-15-5-3-2-4-6-15/h7-11,15H,2-6,12H2,1H3,(H,22,26). The largest absolute Gasteiger partial charge is 0.352 e. The smallest absolute Gasteiger partial charge is 0.258 e. The number of hydrogen-bond donors (Lipinski definition) is 1. The lowest BCUT2D eigenvalue weighted by Gasteiger charge is -2.22. The first-order chi connectivity index (χ1) is 13.2. The number of rotatable bonds is 5. The summed E-state index contributed by atoms with van der Waals surface area (Å²) in [5.74, 6) is 1.56. The van der Waals surface area contributed by atoms with Crippen LogP contribution in [0, 0.1) is 6.92 Å². The molecule has 1 saturated carbocycles. The highest BCUT2D eigenvalue weighted by atomic mass is 16.5. The normalized spacial score (nSPS) is 15.0. The minimum absolute atomic E-state index is 0.0135. The van der Waals surface area contributed by atoms with Crippen molar-refractivity contribution in [2.45, 2.75) is 51.6 Å². The number of nitrogens with one attached hydrogen (secondary N) is 1. The molecule has 1 aliphatic carbocycles. The molecule has 3 aromatic rings. The van der Waals surface area contributed by atoms with Crippen LogP contribution >= 0.6 is 0 Å². The van der Waals surface area contributed by atoms with Gasteiger partial charge < -0.3 is 14.4 Å². The van der Waals surface area contributed by atoms with Gasteiger partial charge in [0.15, 0.2) is 0 Å². The molecule has 0 spiro atoms. The average molecular weight is 366 g/mol. The maximum atomic E-state index is 12.4. The Morgan fingerprint density at radius 3 is 2.78 bits per heavy atom. The molecule has 8 nitrogen and oxygen atoms in total. The predicted molar refractivity (Wildman–Crippen MR) is 98.5 cm³/mol. The van der Waals surface area contributed by atoms with Crippen molar-refractivity contribution in [2.24, 2.45) is 0 Å². The molecule has 27 heavy (non-hydrogen) atoms. The molecule has 0 atom stereocenters. The van der Waals surface area contributed by atoms with Gasteiger partial charge in [-0.1, -0.05) is 24.4 Å². The summed E-state index contributed by atoms with van der Waals surface area (Å²) in [5, 5.41) is 7.13. The number of nitrogens with zero attached hydrogens (tertiary/aromatic N) is 5. The molecule has 8 heteroatoms. The molecule has 3 heterocycles. The van der Waals surface area contributed by atoms with Gasteiger partial charge in [-0.25, -0.2) is 4.98 Å². The summed E-state index contributed by atoms with van der Waals surface area (Å²) in [4.78, 5) is 25.2. The summed E-state index contributed by atoms with van der Waals surface area (Å²) in [6.07, 6.45) is 10.9. The SMILES string of the molecule is Cc1nc(-c2noc(-c3ccncc3)n2)cn1CC(=O)NC1CCCCC1. The van der Waals surface area contributed by atoms with Gasteiger partial charge in [-0.2, -0.15) is 4.98 Å². The number of carbonyl (C=O) groups is 1. The minimum atomic E-state index is 0.0135. The third kappa shape index (κ3) is 4.05. The summed E-state index contributed by atoms with van der Waals surface area (Å²) in [6, 6.07) is 3.91. The van der Waals surface area contributed by atoms with Crippen molar-refractivity contribution in [3.63, 3.8) is 0 Å². The van der Waals surface area contributed by atoms with Crippen LogP contribution in [0.4, 0.5) is 0 Å². The third-order valence-corrected chi connectivity index (χ3v) is 4.84. The lowest BCUT2D eigenvalue weighted by molar-refractivity contribution is -0.122. The quantitative estimate of drug-likeness (QED) is 0.745. The second-order valence-electron chi connectivity index (χ2n) is 6.86. The summed E-state index contributed by atoms with van der Waals surface area (Å²) in [6.45, 7) is 2.10. The number of aryl methyl sites for hydroxylation is 1. The Morgan fingerprint density at radius 2 is 2.00 bits per heavy atom. The highest BCUT2D eigenvalue weighted by molar-refractivity contribution is 5.76. The molecule has 1 amide bonds. The van der Waals surface area contributed by atoms with Crippen LogP contribution in [0.2, 0.25) is 0 Å². The molecule has 0 bridgehead atoms. The zero-order chi connectivity index (χ0) is 18.6. The summed E-state index contributed by atoms with van der Waals surface area (Å²) < 4.78 is 7.13. The Kier molecular flexibility index (Phi) is 4.95. The first kappa shape index (κ1) is 17.4. The lowest BCUT2D eigenvalue weighted by Crippen LogP contribution is -2.38. The van der Waals surface area contributed by atoms with Crippen molar-refractivity contribution in [1.82, 2.24) is 30.0 Å². The van der Waals surface area contributed by atoms with Crippen molar-refractivity contribution >= 4 is 5.91 Å². The van der Waals surface area contributed by atoms with Crippen molar-refractivity contribution in [2.75, 3.05) is 0 Å². The van der Waals surface area contributed by atoms with E-state index in [0.29, 0.717) is 23.5 Å². The first-order valence-electron chi connectivity index (χ1n) is 9.26. The molecule has 1 N–H and O–H groups in total. The summed E-state index contributed by atoms with van der Waals surface area (Å²) >= 11 is 0. The molecule has 1 fully saturated rings. The van der Waals surface area contributed by atoms with E-state index in [0.717, 1.165) is 24.2 Å². The van der Waals surface area contributed by atoms with Crippen LogP contribution in [0.25, 0.3) is 23.0 Å². The molecule has 0 aromatic carbocycles. The average Bonchev–Trinajstić information content (AvgIpc) is 3.31. The molecule has 4 rings (SSSR count). The van der Waals surface area contributed by atoms with E-state index in [9.17, 15) is 4.79 Å². The third-order valence-electron chi connectivity index (χ3n) is 4.84. The van der Waals surface area contributed by atoms with Gasteiger partial charge in [-0.05, 0) is 31.9 Å². The maximum absolute atomic E-state index is 12.4.